The number of likely N-dealkylation sites (tertiary alicyclic amines) is 1. The molecule has 156 valence electrons. The van der Waals surface area contributed by atoms with E-state index in [2.05, 4.69) is 38.3 Å². The zero-order chi connectivity index (χ0) is 20.1. The van der Waals surface area contributed by atoms with Crippen molar-refractivity contribution in [1.29, 1.82) is 0 Å². The van der Waals surface area contributed by atoms with Gasteiger partial charge >= 0.3 is 6.09 Å². The summed E-state index contributed by atoms with van der Waals surface area (Å²) in [6, 6.07) is 6.14. The summed E-state index contributed by atoms with van der Waals surface area (Å²) in [6.45, 7) is 2.47. The summed E-state index contributed by atoms with van der Waals surface area (Å²) in [5.41, 5.74) is 0.436. The Bertz CT molecular complexity index is 670. The Morgan fingerprint density at radius 2 is 2.00 bits per heavy atom. The molecular formula is C21H31BrN2O4. The predicted molar refractivity (Wildman–Crippen MR) is 112 cm³/mol. The highest BCUT2D eigenvalue weighted by Crippen LogP contribution is 2.42. The average molecular weight is 455 g/mol. The molecule has 1 heterocycles. The second kappa shape index (κ2) is 9.46. The molecule has 1 saturated carbocycles. The Kier molecular flexibility index (Phi) is 7.23. The molecule has 0 aromatic heterocycles. The molecule has 1 aromatic carbocycles. The number of ether oxygens (including phenoxy) is 1. The number of aliphatic hydroxyl groups is 1. The lowest BCUT2D eigenvalue weighted by Gasteiger charge is -2.43. The maximum Gasteiger partial charge on any atom is 0.404 e. The molecule has 0 radical (unpaired) electrons. The lowest BCUT2D eigenvalue weighted by molar-refractivity contribution is -0.0326. The Hall–Kier alpha value is -1.31. The first-order valence-corrected chi connectivity index (χ1v) is 11.0. The van der Waals surface area contributed by atoms with E-state index in [1.807, 2.05) is 6.07 Å². The summed E-state index contributed by atoms with van der Waals surface area (Å²) in [6.07, 6.45) is 5.65. The quantitative estimate of drug-likeness (QED) is 0.605. The monoisotopic (exact) mass is 454 g/mol. The molecule has 1 aliphatic heterocycles. The van der Waals surface area contributed by atoms with Crippen molar-refractivity contribution in [2.24, 2.45) is 0 Å². The molecule has 1 aliphatic carbocycles. The van der Waals surface area contributed by atoms with Crippen LogP contribution in [0.3, 0.4) is 0 Å². The minimum atomic E-state index is -0.948. The number of amides is 1. The lowest BCUT2D eigenvalue weighted by Crippen LogP contribution is -2.49. The molecule has 7 heteroatoms. The first-order valence-electron chi connectivity index (χ1n) is 10.2. The fourth-order valence-electron chi connectivity index (χ4n) is 4.69. The highest BCUT2D eigenvalue weighted by Gasteiger charge is 2.40. The van der Waals surface area contributed by atoms with Gasteiger partial charge in [0.05, 0.1) is 17.2 Å². The van der Waals surface area contributed by atoms with Gasteiger partial charge in [0.1, 0.15) is 5.75 Å². The van der Waals surface area contributed by atoms with Crippen LogP contribution < -0.4 is 10.1 Å². The van der Waals surface area contributed by atoms with Crippen LogP contribution in [0.4, 0.5) is 4.79 Å². The van der Waals surface area contributed by atoms with E-state index in [0.29, 0.717) is 0 Å². The van der Waals surface area contributed by atoms with Gasteiger partial charge in [-0.2, -0.15) is 0 Å². The predicted octanol–water partition coefficient (Wildman–Crippen LogP) is 3.97. The highest BCUT2D eigenvalue weighted by molar-refractivity contribution is 9.10. The summed E-state index contributed by atoms with van der Waals surface area (Å²) in [5, 5.41) is 23.1. The zero-order valence-corrected chi connectivity index (χ0v) is 18.1. The van der Waals surface area contributed by atoms with Crippen molar-refractivity contribution < 1.29 is 19.7 Å². The molecule has 1 amide bonds. The van der Waals surface area contributed by atoms with E-state index < -0.39 is 11.7 Å². The summed E-state index contributed by atoms with van der Waals surface area (Å²) in [4.78, 5) is 13.2. The van der Waals surface area contributed by atoms with E-state index in [4.69, 9.17) is 9.84 Å². The van der Waals surface area contributed by atoms with Gasteiger partial charge in [-0.15, -0.1) is 0 Å². The van der Waals surface area contributed by atoms with Crippen LogP contribution >= 0.6 is 15.9 Å². The molecule has 0 spiro atoms. The standard InChI is InChI=1S/C21H31BrN2O4/c1-28-19-6-5-15(13-18(19)22)17(21(27)9-3-2-4-10-21)14-24-11-7-16(8-12-24)23-20(25)26/h5-6,13,16-17,23,27H,2-4,7-12,14H2,1H3,(H,25,26). The van der Waals surface area contributed by atoms with Crippen molar-refractivity contribution in [3.8, 4) is 5.75 Å². The van der Waals surface area contributed by atoms with Crippen LogP contribution in [0.2, 0.25) is 0 Å². The number of nitrogens with zero attached hydrogens (tertiary/aromatic N) is 1. The Balaban J connectivity index is 1.76. The van der Waals surface area contributed by atoms with Crippen LogP contribution in [0.5, 0.6) is 5.75 Å². The number of piperidine rings is 1. The molecule has 2 fully saturated rings. The van der Waals surface area contributed by atoms with Gasteiger partial charge in [-0.3, -0.25) is 0 Å². The van der Waals surface area contributed by atoms with E-state index in [1.54, 1.807) is 7.11 Å². The maximum atomic E-state index is 11.5. The third-order valence-electron chi connectivity index (χ3n) is 6.30. The smallest absolute Gasteiger partial charge is 0.404 e. The molecule has 3 rings (SSSR count). The van der Waals surface area contributed by atoms with E-state index >= 15 is 0 Å². The number of carbonyl (C=O) groups is 1. The normalized spacial score (nSPS) is 21.8. The Labute approximate surface area is 175 Å². The lowest BCUT2D eigenvalue weighted by atomic mass is 9.72. The number of methoxy groups -OCH3 is 1. The zero-order valence-electron chi connectivity index (χ0n) is 16.5. The van der Waals surface area contributed by atoms with Crippen LogP contribution in [0, 0.1) is 0 Å². The topological polar surface area (TPSA) is 82.0 Å². The van der Waals surface area contributed by atoms with Crippen molar-refractivity contribution >= 4 is 22.0 Å². The number of halogens is 1. The van der Waals surface area contributed by atoms with Crippen LogP contribution in [-0.4, -0.2) is 59.6 Å². The second-order valence-electron chi connectivity index (χ2n) is 8.14. The van der Waals surface area contributed by atoms with E-state index in [9.17, 15) is 9.90 Å². The molecule has 1 saturated heterocycles. The molecule has 0 bridgehead atoms. The Morgan fingerprint density at radius 3 is 2.57 bits per heavy atom. The van der Waals surface area contributed by atoms with Gasteiger partial charge in [-0.1, -0.05) is 25.3 Å². The van der Waals surface area contributed by atoms with Crippen LogP contribution in [0.25, 0.3) is 0 Å². The average Bonchev–Trinajstić information content (AvgIpc) is 2.67. The van der Waals surface area contributed by atoms with Crippen molar-refractivity contribution in [3.05, 3.63) is 28.2 Å². The van der Waals surface area contributed by atoms with Gasteiger partial charge in [-0.25, -0.2) is 4.79 Å². The molecule has 28 heavy (non-hydrogen) atoms. The van der Waals surface area contributed by atoms with Gasteiger partial charge in [0.2, 0.25) is 0 Å². The van der Waals surface area contributed by atoms with Crippen LogP contribution in [0.15, 0.2) is 22.7 Å². The number of hydrogen-bond donors (Lipinski definition) is 3. The van der Waals surface area contributed by atoms with Crippen molar-refractivity contribution in [3.63, 3.8) is 0 Å². The number of carboxylic acid groups (broad SMARTS) is 1. The summed E-state index contributed by atoms with van der Waals surface area (Å²) >= 11 is 3.59. The third-order valence-corrected chi connectivity index (χ3v) is 6.92. The van der Waals surface area contributed by atoms with Crippen LogP contribution in [-0.2, 0) is 0 Å². The number of hydrogen-bond acceptors (Lipinski definition) is 4. The van der Waals surface area contributed by atoms with Crippen LogP contribution in [0.1, 0.15) is 56.4 Å². The fourth-order valence-corrected chi connectivity index (χ4v) is 5.25. The molecule has 1 aromatic rings. The minimum absolute atomic E-state index is 0.0268. The van der Waals surface area contributed by atoms with Crippen molar-refractivity contribution in [2.45, 2.75) is 62.5 Å². The first kappa shape index (κ1) is 21.4. The van der Waals surface area contributed by atoms with E-state index in [0.717, 1.165) is 73.9 Å². The second-order valence-corrected chi connectivity index (χ2v) is 8.99. The largest absolute Gasteiger partial charge is 0.496 e. The maximum absolute atomic E-state index is 11.5. The molecule has 1 unspecified atom stereocenters. The Morgan fingerprint density at radius 1 is 1.32 bits per heavy atom. The molecule has 2 aliphatic rings. The van der Waals surface area contributed by atoms with E-state index in [-0.39, 0.29) is 12.0 Å². The summed E-state index contributed by atoms with van der Waals surface area (Å²) in [7, 11) is 1.65. The van der Waals surface area contributed by atoms with Crippen molar-refractivity contribution in [1.82, 2.24) is 10.2 Å². The SMILES string of the molecule is COc1ccc(C(CN2CCC(NC(=O)O)CC2)C2(O)CCCCC2)cc1Br. The third kappa shape index (κ3) is 5.19. The van der Waals surface area contributed by atoms with E-state index in [1.165, 1.54) is 6.42 Å². The number of nitrogens with one attached hydrogen (secondary N) is 1. The molecule has 6 nitrogen and oxygen atoms in total. The van der Waals surface area contributed by atoms with Gasteiger partial charge in [0.25, 0.3) is 0 Å². The fraction of sp³-hybridized carbons (Fsp3) is 0.667. The van der Waals surface area contributed by atoms with Gasteiger partial charge in [0, 0.05) is 31.6 Å². The number of benzene rings is 1. The highest BCUT2D eigenvalue weighted by atomic mass is 79.9. The van der Waals surface area contributed by atoms with Gasteiger partial charge in [0.15, 0.2) is 0 Å². The summed E-state index contributed by atoms with van der Waals surface area (Å²) < 4.78 is 6.27. The first-order chi connectivity index (χ1) is 13.4. The summed E-state index contributed by atoms with van der Waals surface area (Å²) in [5.74, 6) is 0.817. The number of rotatable bonds is 6. The minimum Gasteiger partial charge on any atom is -0.496 e. The van der Waals surface area contributed by atoms with Gasteiger partial charge < -0.3 is 25.2 Å². The van der Waals surface area contributed by atoms with Crippen molar-refractivity contribution in [2.75, 3.05) is 26.7 Å². The molecule has 1 atom stereocenters. The molecular weight excluding hydrogens is 424 g/mol. The van der Waals surface area contributed by atoms with Gasteiger partial charge in [-0.05, 0) is 59.3 Å². The molecule has 3 N–H and O–H groups in total.